The van der Waals surface area contributed by atoms with Gasteiger partial charge >= 0.3 is 0 Å². The van der Waals surface area contributed by atoms with Gasteiger partial charge in [-0.3, -0.25) is 4.79 Å². The summed E-state index contributed by atoms with van der Waals surface area (Å²) in [5.74, 6) is 0.775. The van der Waals surface area contributed by atoms with Crippen molar-refractivity contribution in [2.45, 2.75) is 25.9 Å². The number of hydrogen-bond acceptors (Lipinski definition) is 3. The molecule has 2 rings (SSSR count). The maximum atomic E-state index is 12.0. The van der Waals surface area contributed by atoms with Crippen LogP contribution in [-0.2, 0) is 9.53 Å². The molecular weight excluding hydrogens is 357 g/mol. The van der Waals surface area contributed by atoms with Gasteiger partial charge in [0, 0.05) is 17.2 Å². The van der Waals surface area contributed by atoms with E-state index < -0.39 is 0 Å². The lowest BCUT2D eigenvalue weighted by atomic mass is 10.0. The summed E-state index contributed by atoms with van der Waals surface area (Å²) in [6.07, 6.45) is 0.778. The highest BCUT2D eigenvalue weighted by Crippen LogP contribution is 2.34. The first-order valence-electron chi connectivity index (χ1n) is 6.21. The summed E-state index contributed by atoms with van der Waals surface area (Å²) in [5, 5.41) is 0. The molecule has 4 nitrogen and oxygen atoms in total. The van der Waals surface area contributed by atoms with Crippen LogP contribution in [0.1, 0.15) is 20.3 Å². The molecule has 0 saturated carbocycles. The van der Waals surface area contributed by atoms with E-state index in [0.717, 1.165) is 21.4 Å². The molecule has 104 valence electrons. The van der Waals surface area contributed by atoms with Crippen molar-refractivity contribution in [3.05, 3.63) is 21.8 Å². The molecule has 0 saturated heterocycles. The molecule has 0 radical (unpaired) electrons. The summed E-state index contributed by atoms with van der Waals surface area (Å²) in [6, 6.07) is 5.87. The van der Waals surface area contributed by atoms with Crippen LogP contribution in [0.5, 0.6) is 5.75 Å². The highest BCUT2D eigenvalue weighted by Gasteiger charge is 2.27. The Hall–Kier alpha value is -0.820. The standard InChI is InChI=1S/C14H18INO3/c1-14(2,18-3)6-7-16-11-8-10(15)4-5-12(11)19-9-13(16)17/h4-5,8H,6-7,9H2,1-3H3. The minimum absolute atomic E-state index is 0.00130. The number of benzene rings is 1. The van der Waals surface area contributed by atoms with Gasteiger partial charge in [0.25, 0.3) is 5.91 Å². The van der Waals surface area contributed by atoms with Crippen molar-refractivity contribution in [1.82, 2.24) is 0 Å². The van der Waals surface area contributed by atoms with Crippen molar-refractivity contribution in [3.63, 3.8) is 0 Å². The molecule has 0 aromatic heterocycles. The third-order valence-corrected chi connectivity index (χ3v) is 4.03. The number of hydrogen-bond donors (Lipinski definition) is 0. The van der Waals surface area contributed by atoms with Gasteiger partial charge in [0.05, 0.1) is 11.3 Å². The van der Waals surface area contributed by atoms with Gasteiger partial charge in [0.15, 0.2) is 6.61 Å². The van der Waals surface area contributed by atoms with E-state index in [1.807, 2.05) is 32.0 Å². The molecule has 1 aromatic carbocycles. The van der Waals surface area contributed by atoms with Crippen molar-refractivity contribution >= 4 is 34.2 Å². The maximum Gasteiger partial charge on any atom is 0.265 e. The first kappa shape index (κ1) is 14.6. The third kappa shape index (κ3) is 3.39. The van der Waals surface area contributed by atoms with Crippen molar-refractivity contribution in [2.24, 2.45) is 0 Å². The van der Waals surface area contributed by atoms with E-state index >= 15 is 0 Å². The Bertz CT molecular complexity index is 488. The first-order valence-corrected chi connectivity index (χ1v) is 7.29. The fourth-order valence-corrected chi connectivity index (χ4v) is 2.38. The van der Waals surface area contributed by atoms with Gasteiger partial charge in [0.1, 0.15) is 5.75 Å². The fraction of sp³-hybridized carbons (Fsp3) is 0.500. The Balaban J connectivity index is 2.21. The van der Waals surface area contributed by atoms with Crippen molar-refractivity contribution in [1.29, 1.82) is 0 Å². The molecule has 0 unspecified atom stereocenters. The number of methoxy groups -OCH3 is 1. The summed E-state index contributed by atoms with van der Waals surface area (Å²) in [7, 11) is 1.69. The first-order chi connectivity index (χ1) is 8.93. The summed E-state index contributed by atoms with van der Waals surface area (Å²) in [4.78, 5) is 13.8. The van der Waals surface area contributed by atoms with Crippen molar-refractivity contribution in [3.8, 4) is 5.75 Å². The van der Waals surface area contributed by atoms with Crippen LogP contribution < -0.4 is 9.64 Å². The number of halogens is 1. The Morgan fingerprint density at radius 1 is 1.47 bits per heavy atom. The molecular formula is C14H18INO3. The number of nitrogens with zero attached hydrogens (tertiary/aromatic N) is 1. The fourth-order valence-electron chi connectivity index (χ4n) is 1.90. The molecule has 0 bridgehead atoms. The lowest BCUT2D eigenvalue weighted by molar-refractivity contribution is -0.121. The second-order valence-electron chi connectivity index (χ2n) is 5.16. The molecule has 0 spiro atoms. The topological polar surface area (TPSA) is 38.8 Å². The number of rotatable bonds is 4. The van der Waals surface area contributed by atoms with E-state index in [4.69, 9.17) is 9.47 Å². The Morgan fingerprint density at radius 2 is 2.21 bits per heavy atom. The van der Waals surface area contributed by atoms with E-state index in [1.165, 1.54) is 0 Å². The van der Waals surface area contributed by atoms with Crippen LogP contribution in [0.3, 0.4) is 0 Å². The Kier molecular flexibility index (Phi) is 4.35. The maximum absolute atomic E-state index is 12.0. The predicted octanol–water partition coefficient (Wildman–Crippen LogP) is 2.83. The van der Waals surface area contributed by atoms with Crippen LogP contribution in [0.25, 0.3) is 0 Å². The summed E-state index contributed by atoms with van der Waals surface area (Å²) in [6.45, 7) is 4.79. The van der Waals surface area contributed by atoms with Gasteiger partial charge in [-0.15, -0.1) is 0 Å². The Morgan fingerprint density at radius 3 is 2.89 bits per heavy atom. The normalized spacial score (nSPS) is 15.2. The average molecular weight is 375 g/mol. The second kappa shape index (κ2) is 5.66. The molecule has 1 aliphatic rings. The van der Waals surface area contributed by atoms with Gasteiger partial charge < -0.3 is 14.4 Å². The lowest BCUT2D eigenvalue weighted by Gasteiger charge is -2.32. The molecule has 1 aromatic rings. The Labute approximate surface area is 127 Å². The quantitative estimate of drug-likeness (QED) is 0.760. The highest BCUT2D eigenvalue weighted by atomic mass is 127. The molecule has 0 aliphatic carbocycles. The van der Waals surface area contributed by atoms with Crippen molar-refractivity contribution < 1.29 is 14.3 Å². The van der Waals surface area contributed by atoms with Gasteiger partial charge in [-0.1, -0.05) is 0 Å². The third-order valence-electron chi connectivity index (χ3n) is 3.35. The van der Waals surface area contributed by atoms with Crippen LogP contribution in [-0.4, -0.2) is 31.8 Å². The monoisotopic (exact) mass is 375 g/mol. The predicted molar refractivity (Wildman–Crippen MR) is 82.7 cm³/mol. The summed E-state index contributed by atoms with van der Waals surface area (Å²) in [5.41, 5.74) is 0.621. The summed E-state index contributed by atoms with van der Waals surface area (Å²) >= 11 is 2.24. The van der Waals surface area contributed by atoms with Crippen LogP contribution in [0.4, 0.5) is 5.69 Å². The van der Waals surface area contributed by atoms with Crippen LogP contribution in [0.2, 0.25) is 0 Å². The zero-order chi connectivity index (χ0) is 14.0. The minimum atomic E-state index is -0.235. The zero-order valence-corrected chi connectivity index (χ0v) is 13.6. The lowest BCUT2D eigenvalue weighted by Crippen LogP contribution is -2.41. The SMILES string of the molecule is COC(C)(C)CCN1C(=O)COc2ccc(I)cc21. The minimum Gasteiger partial charge on any atom is -0.482 e. The second-order valence-corrected chi connectivity index (χ2v) is 6.41. The molecule has 5 heteroatoms. The molecule has 0 N–H and O–H groups in total. The van der Waals surface area contributed by atoms with Crippen LogP contribution >= 0.6 is 22.6 Å². The molecule has 1 heterocycles. The van der Waals surface area contributed by atoms with Gasteiger partial charge in [-0.25, -0.2) is 0 Å². The smallest absolute Gasteiger partial charge is 0.265 e. The number of carbonyl (C=O) groups excluding carboxylic acids is 1. The molecule has 1 amide bonds. The summed E-state index contributed by atoms with van der Waals surface area (Å²) < 4.78 is 11.9. The molecule has 0 atom stereocenters. The number of fused-ring (bicyclic) bond motifs is 1. The largest absolute Gasteiger partial charge is 0.482 e. The van der Waals surface area contributed by atoms with Crippen molar-refractivity contribution in [2.75, 3.05) is 25.2 Å². The van der Waals surface area contributed by atoms with E-state index in [-0.39, 0.29) is 18.1 Å². The van der Waals surface area contributed by atoms with Crippen LogP contribution in [0, 0.1) is 3.57 Å². The molecule has 0 fully saturated rings. The zero-order valence-electron chi connectivity index (χ0n) is 11.4. The average Bonchev–Trinajstić information content (AvgIpc) is 2.37. The number of amides is 1. The van der Waals surface area contributed by atoms with E-state index in [1.54, 1.807) is 12.0 Å². The number of ether oxygens (including phenoxy) is 2. The van der Waals surface area contributed by atoms with E-state index in [2.05, 4.69) is 22.6 Å². The van der Waals surface area contributed by atoms with Gasteiger partial charge in [-0.05, 0) is 61.1 Å². The van der Waals surface area contributed by atoms with Gasteiger partial charge in [0.2, 0.25) is 0 Å². The molecule has 1 aliphatic heterocycles. The van der Waals surface area contributed by atoms with E-state index in [9.17, 15) is 4.79 Å². The van der Waals surface area contributed by atoms with Crippen LogP contribution in [0.15, 0.2) is 18.2 Å². The van der Waals surface area contributed by atoms with E-state index in [0.29, 0.717) is 6.54 Å². The number of anilines is 1. The number of carbonyl (C=O) groups is 1. The van der Waals surface area contributed by atoms with Gasteiger partial charge in [-0.2, -0.15) is 0 Å². The highest BCUT2D eigenvalue weighted by molar-refractivity contribution is 14.1. The molecule has 19 heavy (non-hydrogen) atoms.